The van der Waals surface area contributed by atoms with Crippen LogP contribution in [0.1, 0.15) is 30.4 Å². The van der Waals surface area contributed by atoms with E-state index in [1.54, 1.807) is 24.3 Å². The summed E-state index contributed by atoms with van der Waals surface area (Å²) in [6.45, 7) is 1.95. The average Bonchev–Trinajstić information content (AvgIpc) is 2.65. The Hall–Kier alpha value is -2.62. The second kappa shape index (κ2) is 8.47. The van der Waals surface area contributed by atoms with Gasteiger partial charge in [-0.15, -0.1) is 0 Å². The molecular weight excluding hydrogens is 316 g/mol. The predicted molar refractivity (Wildman–Crippen MR) is 95.8 cm³/mol. The topological polar surface area (TPSA) is 3.24 Å². The number of halogens is 2. The van der Waals surface area contributed by atoms with E-state index in [2.05, 4.69) is 28.6 Å². The number of nitrogens with zero attached hydrogens (tertiary/aromatic N) is 1. The van der Waals surface area contributed by atoms with Gasteiger partial charge < -0.3 is 0 Å². The van der Waals surface area contributed by atoms with Crippen molar-refractivity contribution in [1.82, 2.24) is 4.90 Å². The molecule has 1 heterocycles. The quantitative estimate of drug-likeness (QED) is 0.705. The van der Waals surface area contributed by atoms with Crippen molar-refractivity contribution in [2.75, 3.05) is 13.1 Å². The van der Waals surface area contributed by atoms with Crippen LogP contribution in [0.2, 0.25) is 0 Å². The summed E-state index contributed by atoms with van der Waals surface area (Å²) < 4.78 is 26.0. The van der Waals surface area contributed by atoms with Gasteiger partial charge in [0.1, 0.15) is 17.7 Å². The molecule has 3 rings (SSSR count). The summed E-state index contributed by atoms with van der Waals surface area (Å²) in [5.41, 5.74) is 1.54. The Morgan fingerprint density at radius 2 is 1.12 bits per heavy atom. The highest BCUT2D eigenvalue weighted by Gasteiger charge is 2.16. The van der Waals surface area contributed by atoms with Gasteiger partial charge in [0.2, 0.25) is 0 Å². The summed E-state index contributed by atoms with van der Waals surface area (Å²) in [6, 6.07) is 12.1. The Labute approximate surface area is 147 Å². The molecule has 0 atom stereocenters. The Morgan fingerprint density at radius 3 is 1.56 bits per heavy atom. The van der Waals surface area contributed by atoms with Crippen LogP contribution in [0, 0.1) is 35.3 Å². The maximum Gasteiger partial charge on any atom is 0.134 e. The van der Waals surface area contributed by atoms with Crippen molar-refractivity contribution in [2.24, 2.45) is 0 Å². The van der Waals surface area contributed by atoms with E-state index < -0.39 is 0 Å². The highest BCUT2D eigenvalue weighted by atomic mass is 19.1. The van der Waals surface area contributed by atoms with Gasteiger partial charge in [0.25, 0.3) is 0 Å². The molecule has 1 fully saturated rings. The van der Waals surface area contributed by atoms with Gasteiger partial charge >= 0.3 is 0 Å². The molecule has 0 saturated carbocycles. The lowest BCUT2D eigenvalue weighted by Crippen LogP contribution is -2.37. The maximum atomic E-state index is 13.0. The fraction of sp³-hybridized carbons (Fsp3) is 0.273. The van der Waals surface area contributed by atoms with Crippen LogP contribution >= 0.6 is 0 Å². The van der Waals surface area contributed by atoms with Crippen LogP contribution < -0.4 is 0 Å². The zero-order chi connectivity index (χ0) is 17.5. The van der Waals surface area contributed by atoms with Crippen molar-refractivity contribution in [3.05, 3.63) is 71.3 Å². The SMILES string of the molecule is Fc1ccc(C#CC(C#Cc2ccc(F)cc2)N2CCCCC2)cc1. The Balaban J connectivity index is 1.82. The zero-order valence-corrected chi connectivity index (χ0v) is 13.9. The van der Waals surface area contributed by atoms with Crippen LogP contribution in [0.5, 0.6) is 0 Å². The third-order valence-corrected chi connectivity index (χ3v) is 4.15. The molecule has 0 N–H and O–H groups in total. The second-order valence-electron chi connectivity index (χ2n) is 6.05. The number of hydrogen-bond donors (Lipinski definition) is 0. The van der Waals surface area contributed by atoms with E-state index >= 15 is 0 Å². The summed E-state index contributed by atoms with van der Waals surface area (Å²) in [5.74, 6) is 12.1. The fourth-order valence-corrected chi connectivity index (χ4v) is 2.77. The van der Waals surface area contributed by atoms with Crippen molar-refractivity contribution in [3.8, 4) is 23.7 Å². The monoisotopic (exact) mass is 335 g/mol. The van der Waals surface area contributed by atoms with E-state index in [4.69, 9.17) is 0 Å². The highest BCUT2D eigenvalue weighted by Crippen LogP contribution is 2.12. The van der Waals surface area contributed by atoms with Gasteiger partial charge in [0, 0.05) is 24.2 Å². The van der Waals surface area contributed by atoms with Crippen LogP contribution in [-0.4, -0.2) is 24.0 Å². The van der Waals surface area contributed by atoms with E-state index in [9.17, 15) is 8.78 Å². The zero-order valence-electron chi connectivity index (χ0n) is 13.9. The number of hydrogen-bond acceptors (Lipinski definition) is 1. The van der Waals surface area contributed by atoms with Crippen LogP contribution in [0.3, 0.4) is 0 Å². The molecule has 3 heteroatoms. The molecule has 1 aliphatic heterocycles. The van der Waals surface area contributed by atoms with Crippen molar-refractivity contribution < 1.29 is 8.78 Å². The molecule has 1 saturated heterocycles. The largest absolute Gasteiger partial charge is 0.280 e. The molecule has 0 radical (unpaired) electrons. The molecule has 25 heavy (non-hydrogen) atoms. The third kappa shape index (κ3) is 5.18. The molecule has 0 amide bonds. The van der Waals surface area contributed by atoms with Crippen molar-refractivity contribution in [3.63, 3.8) is 0 Å². The minimum absolute atomic E-state index is 0.185. The Kier molecular flexibility index (Phi) is 5.83. The lowest BCUT2D eigenvalue weighted by molar-refractivity contribution is 0.225. The van der Waals surface area contributed by atoms with Crippen LogP contribution in [0.4, 0.5) is 8.78 Å². The second-order valence-corrected chi connectivity index (χ2v) is 6.05. The van der Waals surface area contributed by atoms with Gasteiger partial charge in [0.05, 0.1) is 0 Å². The Bertz CT molecular complexity index is 747. The molecule has 0 spiro atoms. The smallest absolute Gasteiger partial charge is 0.134 e. The maximum absolute atomic E-state index is 13.0. The minimum atomic E-state index is -0.269. The summed E-state index contributed by atoms with van der Waals surface area (Å²) in [5, 5.41) is 0. The molecule has 126 valence electrons. The lowest BCUT2D eigenvalue weighted by atomic mass is 10.1. The number of rotatable bonds is 1. The lowest BCUT2D eigenvalue weighted by Gasteiger charge is -2.28. The van der Waals surface area contributed by atoms with Crippen molar-refractivity contribution in [2.45, 2.75) is 25.3 Å². The first kappa shape index (κ1) is 17.2. The highest BCUT2D eigenvalue weighted by molar-refractivity contribution is 5.41. The summed E-state index contributed by atoms with van der Waals surface area (Å²) >= 11 is 0. The molecule has 0 unspecified atom stereocenters. The number of likely N-dealkylation sites (tertiary alicyclic amines) is 1. The van der Waals surface area contributed by atoms with Gasteiger partial charge in [-0.3, -0.25) is 4.90 Å². The molecular formula is C22H19F2N. The normalized spacial score (nSPS) is 14.4. The van der Waals surface area contributed by atoms with Gasteiger partial charge in [-0.25, -0.2) is 8.78 Å². The molecule has 0 aromatic heterocycles. The molecule has 1 nitrogen and oxygen atoms in total. The molecule has 0 aliphatic carbocycles. The van der Waals surface area contributed by atoms with E-state index in [-0.39, 0.29) is 17.7 Å². The van der Waals surface area contributed by atoms with Gasteiger partial charge in [-0.2, -0.15) is 0 Å². The number of benzene rings is 2. The van der Waals surface area contributed by atoms with Gasteiger partial charge in [-0.05, 0) is 61.4 Å². The minimum Gasteiger partial charge on any atom is -0.280 e. The first-order valence-corrected chi connectivity index (χ1v) is 8.49. The summed E-state index contributed by atoms with van der Waals surface area (Å²) in [7, 11) is 0. The molecule has 0 bridgehead atoms. The fourth-order valence-electron chi connectivity index (χ4n) is 2.77. The molecule has 1 aliphatic rings. The molecule has 2 aromatic rings. The first-order chi connectivity index (χ1) is 12.2. The van der Waals surface area contributed by atoms with E-state index in [1.165, 1.54) is 30.7 Å². The van der Waals surface area contributed by atoms with Gasteiger partial charge in [-0.1, -0.05) is 30.1 Å². The summed E-state index contributed by atoms with van der Waals surface area (Å²) in [4.78, 5) is 2.27. The van der Waals surface area contributed by atoms with Crippen molar-refractivity contribution >= 4 is 0 Å². The number of piperidine rings is 1. The van der Waals surface area contributed by atoms with Crippen LogP contribution in [-0.2, 0) is 0 Å². The van der Waals surface area contributed by atoms with Crippen LogP contribution in [0.25, 0.3) is 0 Å². The summed E-state index contributed by atoms with van der Waals surface area (Å²) in [6.07, 6.45) is 3.53. The van der Waals surface area contributed by atoms with E-state index in [1.807, 2.05) is 0 Å². The first-order valence-electron chi connectivity index (χ1n) is 8.49. The average molecular weight is 335 g/mol. The standard InChI is InChI=1S/C22H19F2N/c23-20-10-4-18(5-11-20)8-14-22(25-16-2-1-3-17-25)15-9-19-6-12-21(24)13-7-19/h4-7,10-13,22H,1-3,16-17H2. The third-order valence-electron chi connectivity index (χ3n) is 4.15. The van der Waals surface area contributed by atoms with Crippen LogP contribution in [0.15, 0.2) is 48.5 Å². The molecule has 2 aromatic carbocycles. The van der Waals surface area contributed by atoms with Gasteiger partial charge in [0.15, 0.2) is 0 Å². The Morgan fingerprint density at radius 1 is 0.680 bits per heavy atom. The van der Waals surface area contributed by atoms with E-state index in [0.29, 0.717) is 0 Å². The predicted octanol–water partition coefficient (Wildman–Crippen LogP) is 4.22. The van der Waals surface area contributed by atoms with Crippen molar-refractivity contribution in [1.29, 1.82) is 0 Å². The van der Waals surface area contributed by atoms with E-state index in [0.717, 1.165) is 37.1 Å².